The van der Waals surface area contributed by atoms with Crippen molar-refractivity contribution in [2.45, 2.75) is 12.8 Å². The molecule has 4 N–H and O–H groups in total. The van der Waals surface area contributed by atoms with Gasteiger partial charge in [0.25, 0.3) is 0 Å². The molecule has 0 fully saturated rings. The summed E-state index contributed by atoms with van der Waals surface area (Å²) in [4.78, 5) is 4.12. The Morgan fingerprint density at radius 2 is 1.95 bits per heavy atom. The molecule has 6 nitrogen and oxygen atoms in total. The Bertz CT molecular complexity index is 514. The standard InChI is InChI=1S/C13H22N4O2S/c1-20(18,19)17-10-5-9-15-13(14)16-11-8-12-6-3-2-4-7-12/h2-4,6-7,17H,5,8-11H2,1H3,(H3,14,15,16). The van der Waals surface area contributed by atoms with Gasteiger partial charge in [-0.3, -0.25) is 4.99 Å². The van der Waals surface area contributed by atoms with Crippen LogP contribution < -0.4 is 15.8 Å². The van der Waals surface area contributed by atoms with Crippen molar-refractivity contribution >= 4 is 16.0 Å². The fourth-order valence-corrected chi connectivity index (χ4v) is 2.09. The predicted molar refractivity (Wildman–Crippen MR) is 82.1 cm³/mol. The van der Waals surface area contributed by atoms with Gasteiger partial charge in [-0.1, -0.05) is 30.3 Å². The monoisotopic (exact) mass is 298 g/mol. The third-order valence-electron chi connectivity index (χ3n) is 2.54. The first-order valence-corrected chi connectivity index (χ1v) is 8.39. The average molecular weight is 298 g/mol. The highest BCUT2D eigenvalue weighted by atomic mass is 32.2. The fourth-order valence-electron chi connectivity index (χ4n) is 1.57. The molecule has 112 valence electrons. The second-order valence-electron chi connectivity index (χ2n) is 4.45. The Hall–Kier alpha value is -1.60. The van der Waals surface area contributed by atoms with Crippen molar-refractivity contribution < 1.29 is 8.42 Å². The Labute approximate surface area is 120 Å². The van der Waals surface area contributed by atoms with Crippen LogP contribution >= 0.6 is 0 Å². The zero-order chi connectivity index (χ0) is 14.8. The molecule has 0 amide bonds. The lowest BCUT2D eigenvalue weighted by Crippen LogP contribution is -2.33. The Balaban J connectivity index is 2.13. The maximum atomic E-state index is 10.8. The largest absolute Gasteiger partial charge is 0.370 e. The second-order valence-corrected chi connectivity index (χ2v) is 6.28. The summed E-state index contributed by atoms with van der Waals surface area (Å²) >= 11 is 0. The summed E-state index contributed by atoms with van der Waals surface area (Å²) in [6.07, 6.45) is 2.64. The summed E-state index contributed by atoms with van der Waals surface area (Å²) < 4.78 is 24.0. The van der Waals surface area contributed by atoms with E-state index < -0.39 is 10.0 Å². The summed E-state index contributed by atoms with van der Waals surface area (Å²) in [5, 5.41) is 3.03. The maximum absolute atomic E-state index is 10.8. The van der Waals surface area contributed by atoms with Crippen LogP contribution in [0.5, 0.6) is 0 Å². The smallest absolute Gasteiger partial charge is 0.208 e. The van der Waals surface area contributed by atoms with E-state index in [4.69, 9.17) is 5.73 Å². The van der Waals surface area contributed by atoms with E-state index in [1.54, 1.807) is 0 Å². The number of nitrogens with one attached hydrogen (secondary N) is 2. The number of sulfonamides is 1. The molecule has 0 aliphatic rings. The molecule has 7 heteroatoms. The number of nitrogens with zero attached hydrogens (tertiary/aromatic N) is 1. The molecule has 1 rings (SSSR count). The molecule has 0 aromatic heterocycles. The van der Waals surface area contributed by atoms with Gasteiger partial charge in [-0.15, -0.1) is 0 Å². The van der Waals surface area contributed by atoms with Crippen molar-refractivity contribution in [1.82, 2.24) is 10.0 Å². The van der Waals surface area contributed by atoms with Crippen LogP contribution in [-0.4, -0.2) is 40.3 Å². The van der Waals surface area contributed by atoms with E-state index in [0.29, 0.717) is 25.5 Å². The van der Waals surface area contributed by atoms with E-state index in [2.05, 4.69) is 27.2 Å². The first kappa shape index (κ1) is 16.5. The molecule has 0 heterocycles. The first-order chi connectivity index (χ1) is 9.47. The van der Waals surface area contributed by atoms with Crippen LogP contribution in [-0.2, 0) is 16.4 Å². The van der Waals surface area contributed by atoms with Crippen LogP contribution in [0.1, 0.15) is 12.0 Å². The highest BCUT2D eigenvalue weighted by molar-refractivity contribution is 7.88. The summed E-state index contributed by atoms with van der Waals surface area (Å²) in [6.45, 7) is 1.59. The van der Waals surface area contributed by atoms with Crippen molar-refractivity contribution in [2.24, 2.45) is 10.7 Å². The molecule has 0 aliphatic heterocycles. The van der Waals surface area contributed by atoms with E-state index >= 15 is 0 Å². The molecule has 0 aliphatic carbocycles. The molecule has 1 aromatic carbocycles. The highest BCUT2D eigenvalue weighted by Gasteiger charge is 1.98. The molecule has 0 atom stereocenters. The van der Waals surface area contributed by atoms with Gasteiger partial charge in [-0.2, -0.15) is 0 Å². The summed E-state index contributed by atoms with van der Waals surface area (Å²) in [5.74, 6) is 0.389. The van der Waals surface area contributed by atoms with Crippen molar-refractivity contribution in [3.8, 4) is 0 Å². The van der Waals surface area contributed by atoms with Crippen LogP contribution in [0, 0.1) is 0 Å². The number of benzene rings is 1. The summed E-state index contributed by atoms with van der Waals surface area (Å²) in [6, 6.07) is 10.1. The normalized spacial score (nSPS) is 12.3. The van der Waals surface area contributed by atoms with Gasteiger partial charge in [0.05, 0.1) is 6.26 Å². The van der Waals surface area contributed by atoms with Gasteiger partial charge in [0, 0.05) is 19.6 Å². The topological polar surface area (TPSA) is 96.6 Å². The van der Waals surface area contributed by atoms with Crippen LogP contribution in [0.25, 0.3) is 0 Å². The lowest BCUT2D eigenvalue weighted by Gasteiger charge is -2.06. The number of aliphatic imine (C=N–C) groups is 1. The summed E-state index contributed by atoms with van der Waals surface area (Å²) in [7, 11) is -3.11. The quantitative estimate of drug-likeness (QED) is 0.359. The van der Waals surface area contributed by atoms with Gasteiger partial charge in [0.2, 0.25) is 10.0 Å². The summed E-state index contributed by atoms with van der Waals surface area (Å²) in [5.41, 5.74) is 6.95. The fraction of sp³-hybridized carbons (Fsp3) is 0.462. The first-order valence-electron chi connectivity index (χ1n) is 6.50. The van der Waals surface area contributed by atoms with E-state index in [0.717, 1.165) is 19.2 Å². The van der Waals surface area contributed by atoms with Crippen LogP contribution in [0.4, 0.5) is 0 Å². The molecular weight excluding hydrogens is 276 g/mol. The number of guanidine groups is 1. The van der Waals surface area contributed by atoms with Crippen molar-refractivity contribution in [2.75, 3.05) is 25.9 Å². The predicted octanol–water partition coefficient (Wildman–Crippen LogP) is 0.0727. The van der Waals surface area contributed by atoms with Crippen LogP contribution in [0.2, 0.25) is 0 Å². The lowest BCUT2D eigenvalue weighted by molar-refractivity contribution is 0.586. The minimum Gasteiger partial charge on any atom is -0.370 e. The highest BCUT2D eigenvalue weighted by Crippen LogP contribution is 1.97. The number of nitrogens with two attached hydrogens (primary N) is 1. The molecular formula is C13H22N4O2S. The zero-order valence-electron chi connectivity index (χ0n) is 11.7. The minimum atomic E-state index is -3.11. The van der Waals surface area contributed by atoms with Gasteiger partial charge in [0.15, 0.2) is 5.96 Å². The Kier molecular flexibility index (Phi) is 7.03. The lowest BCUT2D eigenvalue weighted by atomic mass is 10.1. The van der Waals surface area contributed by atoms with Gasteiger partial charge < -0.3 is 11.1 Å². The molecule has 0 saturated heterocycles. The molecule has 0 spiro atoms. The molecule has 20 heavy (non-hydrogen) atoms. The average Bonchev–Trinajstić information content (AvgIpc) is 2.38. The zero-order valence-corrected chi connectivity index (χ0v) is 12.5. The Morgan fingerprint density at radius 3 is 2.60 bits per heavy atom. The third-order valence-corrected chi connectivity index (χ3v) is 3.27. The van der Waals surface area contributed by atoms with Crippen molar-refractivity contribution in [1.29, 1.82) is 0 Å². The molecule has 0 unspecified atom stereocenters. The number of hydrogen-bond donors (Lipinski definition) is 3. The van der Waals surface area contributed by atoms with Crippen molar-refractivity contribution in [3.05, 3.63) is 35.9 Å². The van der Waals surface area contributed by atoms with E-state index in [9.17, 15) is 8.42 Å². The van der Waals surface area contributed by atoms with E-state index in [-0.39, 0.29) is 0 Å². The molecule has 0 saturated carbocycles. The maximum Gasteiger partial charge on any atom is 0.208 e. The molecule has 0 bridgehead atoms. The molecule has 1 aromatic rings. The van der Waals surface area contributed by atoms with Gasteiger partial charge in [0.1, 0.15) is 0 Å². The van der Waals surface area contributed by atoms with Gasteiger partial charge >= 0.3 is 0 Å². The van der Waals surface area contributed by atoms with E-state index in [1.165, 1.54) is 5.56 Å². The molecule has 0 radical (unpaired) electrons. The van der Waals surface area contributed by atoms with Crippen molar-refractivity contribution in [3.63, 3.8) is 0 Å². The van der Waals surface area contributed by atoms with Crippen LogP contribution in [0.3, 0.4) is 0 Å². The number of rotatable bonds is 8. The third kappa shape index (κ3) is 8.49. The minimum absolute atomic E-state index is 0.375. The SMILES string of the molecule is CS(=O)(=O)NCCCN=C(N)NCCc1ccccc1. The number of hydrogen-bond acceptors (Lipinski definition) is 3. The van der Waals surface area contributed by atoms with Gasteiger partial charge in [-0.25, -0.2) is 13.1 Å². The van der Waals surface area contributed by atoms with E-state index in [1.807, 2.05) is 18.2 Å². The Morgan fingerprint density at radius 1 is 1.25 bits per heavy atom. The second kappa shape index (κ2) is 8.55. The van der Waals surface area contributed by atoms with Gasteiger partial charge in [-0.05, 0) is 18.4 Å². The van der Waals surface area contributed by atoms with Crippen LogP contribution in [0.15, 0.2) is 35.3 Å².